The minimum atomic E-state index is -3.01. The van der Waals surface area contributed by atoms with Gasteiger partial charge >= 0.3 is 5.97 Å². The summed E-state index contributed by atoms with van der Waals surface area (Å²) in [6.45, 7) is 1.69. The van der Waals surface area contributed by atoms with E-state index in [1.54, 1.807) is 6.92 Å². The fourth-order valence-corrected chi connectivity index (χ4v) is 1.25. The Morgan fingerprint density at radius 3 is 2.76 bits per heavy atom. The molecule has 2 N–H and O–H groups in total. The van der Waals surface area contributed by atoms with Gasteiger partial charge in [-0.3, -0.25) is 4.79 Å². The highest BCUT2D eigenvalue weighted by atomic mass is 19.3. The summed E-state index contributed by atoms with van der Waals surface area (Å²) in [4.78, 5) is 14.6. The van der Waals surface area contributed by atoms with Crippen LogP contribution in [0.3, 0.4) is 0 Å². The molecule has 1 aromatic rings. The van der Waals surface area contributed by atoms with Gasteiger partial charge < -0.3 is 10.5 Å². The standard InChI is InChI=1S/C10H11F3N2O2/c1-2-17-8(16)4-6-9(11)5(10(12)13)3-7(14)15-6/h3,10H,2,4H2,1H3,(H2,14,15). The number of rotatable bonds is 4. The van der Waals surface area contributed by atoms with Gasteiger partial charge in [0.05, 0.1) is 24.3 Å². The van der Waals surface area contributed by atoms with E-state index < -0.39 is 35.9 Å². The molecule has 0 atom stereocenters. The number of halogens is 3. The second-order valence-electron chi connectivity index (χ2n) is 3.18. The number of carbonyl (C=O) groups excluding carboxylic acids is 1. The molecule has 0 saturated heterocycles. The van der Waals surface area contributed by atoms with Crippen molar-refractivity contribution in [2.24, 2.45) is 0 Å². The average Bonchev–Trinajstić information content (AvgIpc) is 2.22. The van der Waals surface area contributed by atoms with Crippen LogP contribution in [0.4, 0.5) is 19.0 Å². The van der Waals surface area contributed by atoms with Crippen molar-refractivity contribution in [2.75, 3.05) is 12.3 Å². The number of ether oxygens (including phenoxy) is 1. The van der Waals surface area contributed by atoms with Gasteiger partial charge in [-0.25, -0.2) is 18.2 Å². The molecule has 0 aromatic carbocycles. The summed E-state index contributed by atoms with van der Waals surface area (Å²) in [5, 5.41) is 0. The Morgan fingerprint density at radius 1 is 1.59 bits per heavy atom. The lowest BCUT2D eigenvalue weighted by atomic mass is 10.1. The Bertz CT molecular complexity index is 424. The zero-order valence-corrected chi connectivity index (χ0v) is 9.04. The van der Waals surface area contributed by atoms with Gasteiger partial charge in [-0.05, 0) is 13.0 Å². The van der Waals surface area contributed by atoms with Crippen LogP contribution < -0.4 is 5.73 Å². The fraction of sp³-hybridized carbons (Fsp3) is 0.400. The van der Waals surface area contributed by atoms with Crippen LogP contribution in [0.2, 0.25) is 0 Å². The maximum atomic E-state index is 13.5. The molecule has 0 aliphatic rings. The van der Waals surface area contributed by atoms with Gasteiger partial charge in [0.25, 0.3) is 6.43 Å². The van der Waals surface area contributed by atoms with Crippen molar-refractivity contribution in [3.63, 3.8) is 0 Å². The highest BCUT2D eigenvalue weighted by Gasteiger charge is 2.20. The van der Waals surface area contributed by atoms with Crippen molar-refractivity contribution in [3.8, 4) is 0 Å². The maximum absolute atomic E-state index is 13.5. The number of pyridine rings is 1. The van der Waals surface area contributed by atoms with Crippen LogP contribution in [-0.4, -0.2) is 17.6 Å². The Kier molecular flexibility index (Phi) is 4.30. The van der Waals surface area contributed by atoms with E-state index in [0.717, 1.165) is 6.07 Å². The van der Waals surface area contributed by atoms with Gasteiger partial charge in [-0.15, -0.1) is 0 Å². The van der Waals surface area contributed by atoms with E-state index in [-0.39, 0.29) is 12.4 Å². The molecule has 7 heteroatoms. The van der Waals surface area contributed by atoms with Crippen molar-refractivity contribution in [3.05, 3.63) is 23.1 Å². The number of hydrogen-bond acceptors (Lipinski definition) is 4. The first-order valence-corrected chi connectivity index (χ1v) is 4.84. The lowest BCUT2D eigenvalue weighted by Crippen LogP contribution is -2.12. The minimum absolute atomic E-state index is 0.116. The van der Waals surface area contributed by atoms with Gasteiger partial charge in [0, 0.05) is 0 Å². The predicted octanol–water partition coefficient (Wildman–Crippen LogP) is 1.85. The first kappa shape index (κ1) is 13.3. The molecule has 0 fully saturated rings. The SMILES string of the molecule is CCOC(=O)Cc1nc(N)cc(C(F)F)c1F. The summed E-state index contributed by atoms with van der Waals surface area (Å²) in [5.41, 5.74) is 3.96. The van der Waals surface area contributed by atoms with E-state index in [2.05, 4.69) is 9.72 Å². The van der Waals surface area contributed by atoms with Crippen molar-refractivity contribution in [1.82, 2.24) is 4.98 Å². The molecule has 0 spiro atoms. The summed E-state index contributed by atoms with van der Waals surface area (Å²) < 4.78 is 42.9. The van der Waals surface area contributed by atoms with Crippen LogP contribution in [0.1, 0.15) is 24.6 Å². The molecule has 0 bridgehead atoms. The fourth-order valence-electron chi connectivity index (χ4n) is 1.25. The summed E-state index contributed by atoms with van der Waals surface area (Å²) in [6.07, 6.45) is -3.54. The summed E-state index contributed by atoms with van der Waals surface area (Å²) in [6, 6.07) is 0.745. The number of esters is 1. The normalized spacial score (nSPS) is 10.6. The molecule has 1 aromatic heterocycles. The lowest BCUT2D eigenvalue weighted by molar-refractivity contribution is -0.142. The third-order valence-corrected chi connectivity index (χ3v) is 1.93. The molecule has 4 nitrogen and oxygen atoms in total. The number of nitrogens with zero attached hydrogens (tertiary/aromatic N) is 1. The smallest absolute Gasteiger partial charge is 0.311 e. The van der Waals surface area contributed by atoms with E-state index in [9.17, 15) is 18.0 Å². The molecule has 0 aliphatic carbocycles. The molecule has 94 valence electrons. The number of hydrogen-bond donors (Lipinski definition) is 1. The van der Waals surface area contributed by atoms with Crippen molar-refractivity contribution in [1.29, 1.82) is 0 Å². The zero-order chi connectivity index (χ0) is 13.0. The largest absolute Gasteiger partial charge is 0.466 e. The van der Waals surface area contributed by atoms with Crippen LogP contribution in [0.25, 0.3) is 0 Å². The number of alkyl halides is 2. The first-order valence-electron chi connectivity index (χ1n) is 4.84. The Morgan fingerprint density at radius 2 is 2.24 bits per heavy atom. The highest BCUT2D eigenvalue weighted by molar-refractivity contribution is 5.72. The monoisotopic (exact) mass is 248 g/mol. The van der Waals surface area contributed by atoms with E-state index in [4.69, 9.17) is 5.73 Å². The molecule has 0 unspecified atom stereocenters. The Labute approximate surface area is 95.6 Å². The molecule has 0 saturated carbocycles. The summed E-state index contributed by atoms with van der Waals surface area (Å²) in [7, 11) is 0. The molecule has 1 rings (SSSR count). The number of nitrogens with two attached hydrogens (primary N) is 1. The number of nitrogen functional groups attached to an aromatic ring is 1. The zero-order valence-electron chi connectivity index (χ0n) is 9.04. The van der Waals surface area contributed by atoms with E-state index >= 15 is 0 Å². The average molecular weight is 248 g/mol. The second-order valence-corrected chi connectivity index (χ2v) is 3.18. The van der Waals surface area contributed by atoms with E-state index in [1.807, 2.05) is 0 Å². The third-order valence-electron chi connectivity index (χ3n) is 1.93. The molecule has 0 amide bonds. The van der Waals surface area contributed by atoms with Crippen LogP contribution in [-0.2, 0) is 16.0 Å². The quantitative estimate of drug-likeness (QED) is 0.826. The number of carbonyl (C=O) groups is 1. The lowest BCUT2D eigenvalue weighted by Gasteiger charge is -2.08. The summed E-state index contributed by atoms with van der Waals surface area (Å²) >= 11 is 0. The van der Waals surface area contributed by atoms with Crippen molar-refractivity contribution in [2.45, 2.75) is 19.8 Å². The van der Waals surface area contributed by atoms with Gasteiger partial charge in [0.2, 0.25) is 0 Å². The number of aromatic nitrogens is 1. The van der Waals surface area contributed by atoms with Crippen LogP contribution in [0.5, 0.6) is 0 Å². The first-order chi connectivity index (χ1) is 7.95. The molecular formula is C10H11F3N2O2. The van der Waals surface area contributed by atoms with E-state index in [0.29, 0.717) is 0 Å². The van der Waals surface area contributed by atoms with Gasteiger partial charge in [-0.1, -0.05) is 0 Å². The predicted molar refractivity (Wildman–Crippen MR) is 53.9 cm³/mol. The minimum Gasteiger partial charge on any atom is -0.466 e. The molecule has 17 heavy (non-hydrogen) atoms. The highest BCUT2D eigenvalue weighted by Crippen LogP contribution is 2.25. The second kappa shape index (κ2) is 5.51. The van der Waals surface area contributed by atoms with Crippen LogP contribution in [0.15, 0.2) is 6.07 Å². The maximum Gasteiger partial charge on any atom is 0.311 e. The van der Waals surface area contributed by atoms with Gasteiger partial charge in [-0.2, -0.15) is 0 Å². The molecule has 0 radical (unpaired) electrons. The third kappa shape index (κ3) is 3.33. The summed E-state index contributed by atoms with van der Waals surface area (Å²) in [5.74, 6) is -2.23. The Balaban J connectivity index is 3.03. The molecular weight excluding hydrogens is 237 g/mol. The molecule has 1 heterocycles. The van der Waals surface area contributed by atoms with Crippen molar-refractivity contribution < 1.29 is 22.7 Å². The Hall–Kier alpha value is -1.79. The van der Waals surface area contributed by atoms with Crippen LogP contribution >= 0.6 is 0 Å². The van der Waals surface area contributed by atoms with Gasteiger partial charge in [0.15, 0.2) is 5.82 Å². The van der Waals surface area contributed by atoms with Gasteiger partial charge in [0.1, 0.15) is 5.82 Å². The van der Waals surface area contributed by atoms with E-state index in [1.165, 1.54) is 0 Å². The molecule has 0 aliphatic heterocycles. The topological polar surface area (TPSA) is 65.2 Å². The number of anilines is 1. The van der Waals surface area contributed by atoms with Crippen LogP contribution in [0, 0.1) is 5.82 Å². The van der Waals surface area contributed by atoms with Crippen molar-refractivity contribution >= 4 is 11.8 Å².